The molecule has 40 heavy (non-hydrogen) atoms. The van der Waals surface area contributed by atoms with Crippen molar-refractivity contribution < 1.29 is 23.7 Å². The van der Waals surface area contributed by atoms with Crippen molar-refractivity contribution in [2.75, 3.05) is 13.9 Å². The number of halogens is 1. The van der Waals surface area contributed by atoms with Crippen molar-refractivity contribution in [3.63, 3.8) is 0 Å². The summed E-state index contributed by atoms with van der Waals surface area (Å²) in [4.78, 5) is 30.8. The number of hydrogen-bond acceptors (Lipinski definition) is 8. The number of ether oxygens (including phenoxy) is 4. The van der Waals surface area contributed by atoms with Gasteiger partial charge >= 0.3 is 5.97 Å². The fraction of sp³-hybridized carbons (Fsp3) is 0.0667. The summed E-state index contributed by atoms with van der Waals surface area (Å²) in [6, 6.07) is 23.8. The Morgan fingerprint density at radius 3 is 2.60 bits per heavy atom. The van der Waals surface area contributed by atoms with E-state index in [0.29, 0.717) is 55.7 Å². The molecule has 198 valence electrons. The molecule has 0 unspecified atom stereocenters. The van der Waals surface area contributed by atoms with Crippen LogP contribution in [0.3, 0.4) is 0 Å². The Morgan fingerprint density at radius 2 is 1.77 bits per heavy atom. The van der Waals surface area contributed by atoms with Crippen LogP contribution in [0.1, 0.15) is 15.9 Å². The molecule has 4 aromatic carbocycles. The molecule has 0 atom stereocenters. The quantitative estimate of drug-likeness (QED) is 0.154. The third kappa shape index (κ3) is 4.85. The van der Waals surface area contributed by atoms with Crippen LogP contribution in [0.5, 0.6) is 23.0 Å². The van der Waals surface area contributed by atoms with E-state index in [4.69, 9.17) is 30.5 Å². The number of rotatable bonds is 6. The molecular formula is C30H20ClN3O6. The summed E-state index contributed by atoms with van der Waals surface area (Å²) in [6.45, 7) is 0.104. The normalized spacial score (nSPS) is 12.2. The lowest BCUT2D eigenvalue weighted by Gasteiger charge is -2.11. The van der Waals surface area contributed by atoms with E-state index in [2.05, 4.69) is 10.1 Å². The van der Waals surface area contributed by atoms with Crippen LogP contribution >= 0.6 is 11.6 Å². The first-order valence-corrected chi connectivity index (χ1v) is 12.5. The van der Waals surface area contributed by atoms with Crippen LogP contribution in [0.2, 0.25) is 5.02 Å². The van der Waals surface area contributed by atoms with E-state index < -0.39 is 5.97 Å². The summed E-state index contributed by atoms with van der Waals surface area (Å²) in [5.74, 6) is 1.34. The molecule has 1 aliphatic heterocycles. The molecule has 0 fully saturated rings. The van der Waals surface area contributed by atoms with Crippen LogP contribution in [0.4, 0.5) is 0 Å². The second-order valence-electron chi connectivity index (χ2n) is 8.69. The minimum Gasteiger partial charge on any atom is -0.493 e. The third-order valence-electron chi connectivity index (χ3n) is 6.18. The number of hydrogen-bond donors (Lipinski definition) is 0. The minimum absolute atomic E-state index is 0.104. The van der Waals surface area contributed by atoms with E-state index in [9.17, 15) is 9.59 Å². The zero-order valence-corrected chi connectivity index (χ0v) is 21.8. The van der Waals surface area contributed by atoms with Crippen LogP contribution in [0, 0.1) is 0 Å². The van der Waals surface area contributed by atoms with Crippen LogP contribution < -0.4 is 24.5 Å². The second kappa shape index (κ2) is 10.5. The molecule has 1 aromatic heterocycles. The van der Waals surface area contributed by atoms with Gasteiger partial charge in [0.15, 0.2) is 28.8 Å². The van der Waals surface area contributed by atoms with Gasteiger partial charge in [0.25, 0.3) is 5.56 Å². The monoisotopic (exact) mass is 553 g/mol. The second-order valence-corrected chi connectivity index (χ2v) is 9.13. The van der Waals surface area contributed by atoms with Gasteiger partial charge in [0.2, 0.25) is 6.79 Å². The molecule has 6 rings (SSSR count). The van der Waals surface area contributed by atoms with Crippen molar-refractivity contribution in [3.8, 4) is 34.4 Å². The fourth-order valence-electron chi connectivity index (χ4n) is 4.17. The molecule has 0 amide bonds. The standard InChI is InChI=1S/C30H20ClN3O6/c1-37-26-14-18(6-12-25(26)40-30(36)20-9-13-24-27(15-20)39-17-38-24)16-32-34-28(19-7-10-21(31)11-8-19)33-23-5-3-2-4-22(23)29(34)35/h2-16H,17H2,1H3. The van der Waals surface area contributed by atoms with Gasteiger partial charge < -0.3 is 18.9 Å². The highest BCUT2D eigenvalue weighted by atomic mass is 35.5. The number of esters is 1. The van der Waals surface area contributed by atoms with Gasteiger partial charge in [-0.1, -0.05) is 23.7 Å². The highest BCUT2D eigenvalue weighted by Gasteiger charge is 2.19. The third-order valence-corrected chi connectivity index (χ3v) is 6.43. The van der Waals surface area contributed by atoms with Crippen molar-refractivity contribution in [1.29, 1.82) is 0 Å². The summed E-state index contributed by atoms with van der Waals surface area (Å²) in [5.41, 5.74) is 1.80. The number of carbonyl (C=O) groups is 1. The molecule has 0 bridgehead atoms. The molecular weight excluding hydrogens is 534 g/mol. The topological polar surface area (TPSA) is 101 Å². The molecule has 10 heteroatoms. The maximum Gasteiger partial charge on any atom is 0.343 e. The molecule has 0 saturated heterocycles. The maximum absolute atomic E-state index is 13.4. The Kier molecular flexibility index (Phi) is 6.63. The van der Waals surface area contributed by atoms with Gasteiger partial charge in [0, 0.05) is 10.6 Å². The molecule has 0 N–H and O–H groups in total. The first-order chi connectivity index (χ1) is 19.5. The molecule has 0 spiro atoms. The molecule has 0 radical (unpaired) electrons. The average Bonchev–Trinajstić information content (AvgIpc) is 3.46. The number of para-hydroxylation sites is 1. The van der Waals surface area contributed by atoms with E-state index in [1.807, 2.05) is 6.07 Å². The highest BCUT2D eigenvalue weighted by molar-refractivity contribution is 6.30. The zero-order chi connectivity index (χ0) is 27.6. The Morgan fingerprint density at radius 1 is 0.975 bits per heavy atom. The van der Waals surface area contributed by atoms with Gasteiger partial charge in [-0.3, -0.25) is 4.79 Å². The zero-order valence-electron chi connectivity index (χ0n) is 21.0. The van der Waals surface area contributed by atoms with E-state index in [0.717, 1.165) is 0 Å². The summed E-state index contributed by atoms with van der Waals surface area (Å²) >= 11 is 6.06. The predicted octanol–water partition coefficient (Wildman–Crippen LogP) is 5.56. The Balaban J connectivity index is 1.32. The first kappa shape index (κ1) is 25.1. The van der Waals surface area contributed by atoms with E-state index in [1.54, 1.807) is 78.9 Å². The number of aromatic nitrogens is 2. The summed E-state index contributed by atoms with van der Waals surface area (Å²) in [7, 11) is 1.46. The molecule has 1 aliphatic rings. The van der Waals surface area contributed by atoms with E-state index in [-0.39, 0.29) is 18.1 Å². The lowest BCUT2D eigenvalue weighted by Crippen LogP contribution is -2.20. The molecule has 0 saturated carbocycles. The molecule has 9 nitrogen and oxygen atoms in total. The Labute approximate surface area is 232 Å². The number of fused-ring (bicyclic) bond motifs is 2. The SMILES string of the molecule is COc1cc(C=Nn2c(-c3ccc(Cl)cc3)nc3ccccc3c2=O)ccc1OC(=O)c1ccc2c(c1)OCO2. The van der Waals surface area contributed by atoms with Crippen molar-refractivity contribution in [1.82, 2.24) is 9.66 Å². The van der Waals surface area contributed by atoms with Crippen LogP contribution in [-0.2, 0) is 0 Å². The van der Waals surface area contributed by atoms with Gasteiger partial charge in [-0.05, 0) is 78.4 Å². The molecule has 2 heterocycles. The predicted molar refractivity (Wildman–Crippen MR) is 150 cm³/mol. The number of benzene rings is 4. The summed E-state index contributed by atoms with van der Waals surface area (Å²) < 4.78 is 22.9. The van der Waals surface area contributed by atoms with E-state index in [1.165, 1.54) is 18.0 Å². The van der Waals surface area contributed by atoms with Gasteiger partial charge in [-0.25, -0.2) is 9.78 Å². The maximum atomic E-state index is 13.4. The fourth-order valence-corrected chi connectivity index (χ4v) is 4.30. The average molecular weight is 554 g/mol. The summed E-state index contributed by atoms with van der Waals surface area (Å²) in [5, 5.41) is 5.46. The van der Waals surface area contributed by atoms with E-state index >= 15 is 0 Å². The Bertz CT molecular complexity index is 1850. The van der Waals surface area contributed by atoms with Crippen LogP contribution in [0.15, 0.2) is 94.8 Å². The van der Waals surface area contributed by atoms with Gasteiger partial charge in [0.05, 0.1) is 29.8 Å². The van der Waals surface area contributed by atoms with Crippen LogP contribution in [-0.4, -0.2) is 35.7 Å². The smallest absolute Gasteiger partial charge is 0.343 e. The van der Waals surface area contributed by atoms with Crippen molar-refractivity contribution in [3.05, 3.63) is 111 Å². The number of nitrogens with zero attached hydrogens (tertiary/aromatic N) is 3. The molecule has 0 aliphatic carbocycles. The van der Waals surface area contributed by atoms with Gasteiger partial charge in [-0.2, -0.15) is 9.78 Å². The highest BCUT2D eigenvalue weighted by Crippen LogP contribution is 2.34. The van der Waals surface area contributed by atoms with Crippen molar-refractivity contribution in [2.24, 2.45) is 5.10 Å². The van der Waals surface area contributed by atoms with Crippen LogP contribution in [0.25, 0.3) is 22.3 Å². The minimum atomic E-state index is -0.584. The van der Waals surface area contributed by atoms with Crippen molar-refractivity contribution in [2.45, 2.75) is 0 Å². The van der Waals surface area contributed by atoms with Crippen molar-refractivity contribution >= 4 is 34.7 Å². The number of carbonyl (C=O) groups excluding carboxylic acids is 1. The lowest BCUT2D eigenvalue weighted by atomic mass is 10.2. The molecule has 5 aromatic rings. The number of methoxy groups -OCH3 is 1. The first-order valence-electron chi connectivity index (χ1n) is 12.1. The lowest BCUT2D eigenvalue weighted by molar-refractivity contribution is 0.0729. The van der Waals surface area contributed by atoms with Gasteiger partial charge in [0.1, 0.15) is 0 Å². The Hall–Kier alpha value is -5.15. The summed E-state index contributed by atoms with van der Waals surface area (Å²) in [6.07, 6.45) is 1.50. The van der Waals surface area contributed by atoms with Gasteiger partial charge in [-0.15, -0.1) is 0 Å². The largest absolute Gasteiger partial charge is 0.493 e.